The quantitative estimate of drug-likeness (QED) is 0.664. The van der Waals surface area contributed by atoms with Gasteiger partial charge in [-0.25, -0.2) is 13.1 Å². The second-order valence-corrected chi connectivity index (χ2v) is 5.23. The Bertz CT molecular complexity index is 238. The van der Waals surface area contributed by atoms with Crippen LogP contribution in [-0.2, 0) is 10.0 Å². The van der Waals surface area contributed by atoms with Gasteiger partial charge in [0, 0.05) is 12.6 Å². The standard InChI is InChI=1S/C7H16N2O2S/c1-9-5-3-4-7(9)6-8-12(2,10)11/h7-8H,3-6H2,1-2H3/t7-/m0/s1. The first kappa shape index (κ1) is 9.95. The molecule has 0 radical (unpaired) electrons. The third kappa shape index (κ3) is 3.08. The Kier molecular flexibility index (Phi) is 3.09. The second-order valence-electron chi connectivity index (χ2n) is 3.40. The van der Waals surface area contributed by atoms with Gasteiger partial charge < -0.3 is 4.90 Å². The Morgan fingerprint density at radius 2 is 2.25 bits per heavy atom. The van der Waals surface area contributed by atoms with Crippen LogP contribution in [0.5, 0.6) is 0 Å². The second kappa shape index (κ2) is 3.72. The molecule has 4 nitrogen and oxygen atoms in total. The summed E-state index contributed by atoms with van der Waals surface area (Å²) in [5, 5.41) is 0. The van der Waals surface area contributed by atoms with Crippen LogP contribution in [0.25, 0.3) is 0 Å². The van der Waals surface area contributed by atoms with E-state index in [1.54, 1.807) is 0 Å². The zero-order chi connectivity index (χ0) is 9.19. The summed E-state index contributed by atoms with van der Waals surface area (Å²) < 4.78 is 24.1. The zero-order valence-electron chi connectivity index (χ0n) is 7.58. The lowest BCUT2D eigenvalue weighted by atomic mass is 10.2. The summed E-state index contributed by atoms with van der Waals surface area (Å²) in [6.07, 6.45) is 3.47. The zero-order valence-corrected chi connectivity index (χ0v) is 8.39. The van der Waals surface area contributed by atoms with Gasteiger partial charge in [-0.05, 0) is 26.4 Å². The topological polar surface area (TPSA) is 49.4 Å². The highest BCUT2D eigenvalue weighted by Gasteiger charge is 2.21. The molecule has 1 N–H and O–H groups in total. The normalized spacial score (nSPS) is 26.3. The van der Waals surface area contributed by atoms with Crippen LogP contribution in [0.1, 0.15) is 12.8 Å². The molecule has 1 atom stereocenters. The third-order valence-electron chi connectivity index (χ3n) is 2.25. The van der Waals surface area contributed by atoms with E-state index in [4.69, 9.17) is 0 Å². The predicted octanol–water partition coefficient (Wildman–Crippen LogP) is -0.370. The Hall–Kier alpha value is -0.130. The van der Waals surface area contributed by atoms with Gasteiger partial charge >= 0.3 is 0 Å². The Morgan fingerprint density at radius 3 is 2.67 bits per heavy atom. The maximum atomic E-state index is 10.8. The lowest BCUT2D eigenvalue weighted by Gasteiger charge is -2.18. The molecular weight excluding hydrogens is 176 g/mol. The van der Waals surface area contributed by atoms with Gasteiger partial charge in [0.1, 0.15) is 0 Å². The molecule has 0 aromatic heterocycles. The largest absolute Gasteiger partial charge is 0.302 e. The van der Waals surface area contributed by atoms with Gasteiger partial charge in [0.05, 0.1) is 6.26 Å². The summed E-state index contributed by atoms with van der Waals surface area (Å²) in [7, 11) is -0.982. The average Bonchev–Trinajstić information content (AvgIpc) is 2.29. The van der Waals surface area contributed by atoms with Gasteiger partial charge in [-0.1, -0.05) is 0 Å². The minimum Gasteiger partial charge on any atom is -0.302 e. The maximum Gasteiger partial charge on any atom is 0.208 e. The van der Waals surface area contributed by atoms with Crippen molar-refractivity contribution in [2.24, 2.45) is 0 Å². The number of hydrogen-bond donors (Lipinski definition) is 1. The van der Waals surface area contributed by atoms with E-state index in [1.165, 1.54) is 12.7 Å². The van der Waals surface area contributed by atoms with E-state index in [-0.39, 0.29) is 0 Å². The predicted molar refractivity (Wildman–Crippen MR) is 48.5 cm³/mol. The molecule has 0 aromatic carbocycles. The van der Waals surface area contributed by atoms with E-state index < -0.39 is 10.0 Å². The van der Waals surface area contributed by atoms with Crippen molar-refractivity contribution >= 4 is 10.0 Å². The minimum atomic E-state index is -3.01. The fourth-order valence-corrected chi connectivity index (χ4v) is 1.98. The highest BCUT2D eigenvalue weighted by molar-refractivity contribution is 7.88. The fourth-order valence-electron chi connectivity index (χ4n) is 1.48. The van der Waals surface area contributed by atoms with E-state index >= 15 is 0 Å². The van der Waals surface area contributed by atoms with E-state index in [0.29, 0.717) is 12.6 Å². The molecule has 5 heteroatoms. The van der Waals surface area contributed by atoms with Gasteiger partial charge in [-0.2, -0.15) is 0 Å². The number of nitrogens with one attached hydrogen (secondary N) is 1. The molecule has 0 aliphatic carbocycles. The number of likely N-dealkylation sites (N-methyl/N-ethyl adjacent to an activating group) is 1. The van der Waals surface area contributed by atoms with Gasteiger partial charge in [0.25, 0.3) is 0 Å². The summed E-state index contributed by atoms with van der Waals surface area (Å²) in [6, 6.07) is 0.389. The van der Waals surface area contributed by atoms with Gasteiger partial charge in [-0.3, -0.25) is 0 Å². The molecule has 1 heterocycles. The molecule has 0 amide bonds. The van der Waals surface area contributed by atoms with Crippen LogP contribution in [0.2, 0.25) is 0 Å². The van der Waals surface area contributed by atoms with Crippen molar-refractivity contribution in [1.29, 1.82) is 0 Å². The third-order valence-corrected chi connectivity index (χ3v) is 2.94. The van der Waals surface area contributed by atoms with Crippen LogP contribution in [0.15, 0.2) is 0 Å². The molecule has 0 aromatic rings. The van der Waals surface area contributed by atoms with Crippen LogP contribution < -0.4 is 4.72 Å². The Balaban J connectivity index is 2.32. The van der Waals surface area contributed by atoms with Crippen LogP contribution in [0, 0.1) is 0 Å². The number of likely N-dealkylation sites (tertiary alicyclic amines) is 1. The minimum absolute atomic E-state index is 0.389. The van der Waals surface area contributed by atoms with Gasteiger partial charge in [0.15, 0.2) is 0 Å². The smallest absolute Gasteiger partial charge is 0.208 e. The van der Waals surface area contributed by atoms with Crippen LogP contribution in [-0.4, -0.2) is 45.8 Å². The van der Waals surface area contributed by atoms with Gasteiger partial charge in [-0.15, -0.1) is 0 Å². The molecule has 1 rings (SSSR count). The number of rotatable bonds is 3. The molecule has 1 saturated heterocycles. The lowest BCUT2D eigenvalue weighted by Crippen LogP contribution is -2.37. The van der Waals surface area contributed by atoms with Crippen LogP contribution >= 0.6 is 0 Å². The van der Waals surface area contributed by atoms with Crippen LogP contribution in [0.4, 0.5) is 0 Å². The number of hydrogen-bond acceptors (Lipinski definition) is 3. The molecule has 1 aliphatic rings. The van der Waals surface area contributed by atoms with Crippen molar-refractivity contribution in [2.75, 3.05) is 26.4 Å². The van der Waals surface area contributed by atoms with Crippen LogP contribution in [0.3, 0.4) is 0 Å². The highest BCUT2D eigenvalue weighted by atomic mass is 32.2. The fraction of sp³-hybridized carbons (Fsp3) is 1.00. The lowest BCUT2D eigenvalue weighted by molar-refractivity contribution is 0.311. The molecule has 0 unspecified atom stereocenters. The average molecular weight is 192 g/mol. The summed E-state index contributed by atoms with van der Waals surface area (Å²) in [5.41, 5.74) is 0. The van der Waals surface area contributed by atoms with E-state index in [1.807, 2.05) is 7.05 Å². The molecule has 72 valence electrons. The Labute approximate surface area is 74.0 Å². The maximum absolute atomic E-state index is 10.8. The molecular formula is C7H16N2O2S. The first-order valence-corrected chi connectivity index (χ1v) is 6.03. The Morgan fingerprint density at radius 1 is 1.58 bits per heavy atom. The molecule has 12 heavy (non-hydrogen) atoms. The first-order valence-electron chi connectivity index (χ1n) is 4.14. The van der Waals surface area contributed by atoms with Gasteiger partial charge in [0.2, 0.25) is 10.0 Å². The van der Waals surface area contributed by atoms with E-state index in [0.717, 1.165) is 13.0 Å². The first-order chi connectivity index (χ1) is 5.49. The number of sulfonamides is 1. The summed E-state index contributed by atoms with van der Waals surface area (Å²) >= 11 is 0. The van der Waals surface area contributed by atoms with Crippen molar-refractivity contribution in [1.82, 2.24) is 9.62 Å². The molecule has 0 saturated carbocycles. The molecule has 0 spiro atoms. The van der Waals surface area contributed by atoms with Crippen molar-refractivity contribution in [3.63, 3.8) is 0 Å². The molecule has 1 aliphatic heterocycles. The van der Waals surface area contributed by atoms with E-state index in [9.17, 15) is 8.42 Å². The molecule has 0 bridgehead atoms. The summed E-state index contributed by atoms with van der Waals surface area (Å²) in [4.78, 5) is 2.19. The SMILES string of the molecule is CN1CCC[C@H]1CNS(C)(=O)=O. The highest BCUT2D eigenvalue weighted by Crippen LogP contribution is 2.13. The monoisotopic (exact) mass is 192 g/mol. The van der Waals surface area contributed by atoms with E-state index in [2.05, 4.69) is 9.62 Å². The molecule has 1 fully saturated rings. The van der Waals surface area contributed by atoms with Crippen molar-refractivity contribution in [2.45, 2.75) is 18.9 Å². The summed E-state index contributed by atoms with van der Waals surface area (Å²) in [5.74, 6) is 0. The number of nitrogens with zero attached hydrogens (tertiary/aromatic N) is 1. The van der Waals surface area contributed by atoms with Crippen molar-refractivity contribution in [3.05, 3.63) is 0 Å². The van der Waals surface area contributed by atoms with Crippen molar-refractivity contribution in [3.8, 4) is 0 Å². The van der Waals surface area contributed by atoms with Crippen molar-refractivity contribution < 1.29 is 8.42 Å². The summed E-state index contributed by atoms with van der Waals surface area (Å²) in [6.45, 7) is 1.63.